The number of carbonyl (C=O) groups excluding carboxylic acids is 2. The fourth-order valence-electron chi connectivity index (χ4n) is 3.31. The molecule has 3 rings (SSSR count). The van der Waals surface area contributed by atoms with E-state index in [1.807, 2.05) is 47.7 Å². The number of hydrogen-bond donors (Lipinski definition) is 1. The summed E-state index contributed by atoms with van der Waals surface area (Å²) >= 11 is 0. The van der Waals surface area contributed by atoms with Gasteiger partial charge in [0.2, 0.25) is 5.91 Å². The molecule has 0 saturated carbocycles. The first-order valence-corrected chi connectivity index (χ1v) is 9.30. The van der Waals surface area contributed by atoms with Crippen LogP contribution in [0.5, 0.6) is 0 Å². The van der Waals surface area contributed by atoms with Gasteiger partial charge in [-0.2, -0.15) is 5.10 Å². The molecule has 1 fully saturated rings. The van der Waals surface area contributed by atoms with E-state index in [9.17, 15) is 9.59 Å². The molecule has 6 nitrogen and oxygen atoms in total. The SMILES string of the molecule is CCc1c(C(=O)NCCC(=O)N2CCCC2)cnn1-c1ccc(C)cc1. The highest BCUT2D eigenvalue weighted by Gasteiger charge is 2.19. The average molecular weight is 354 g/mol. The number of likely N-dealkylation sites (tertiary alicyclic amines) is 1. The molecule has 26 heavy (non-hydrogen) atoms. The summed E-state index contributed by atoms with van der Waals surface area (Å²) in [6.45, 7) is 6.09. The topological polar surface area (TPSA) is 67.2 Å². The van der Waals surface area contributed by atoms with E-state index in [2.05, 4.69) is 10.4 Å². The number of rotatable bonds is 6. The van der Waals surface area contributed by atoms with Gasteiger partial charge in [-0.25, -0.2) is 4.68 Å². The van der Waals surface area contributed by atoms with Crippen LogP contribution in [0, 0.1) is 6.92 Å². The van der Waals surface area contributed by atoms with Crippen molar-refractivity contribution < 1.29 is 9.59 Å². The van der Waals surface area contributed by atoms with Crippen molar-refractivity contribution in [3.8, 4) is 5.69 Å². The summed E-state index contributed by atoms with van der Waals surface area (Å²) in [4.78, 5) is 26.5. The molecule has 0 unspecified atom stereocenters. The molecule has 0 aliphatic carbocycles. The maximum Gasteiger partial charge on any atom is 0.254 e. The molecule has 0 spiro atoms. The molecule has 138 valence electrons. The van der Waals surface area contributed by atoms with Gasteiger partial charge in [0, 0.05) is 26.1 Å². The number of benzene rings is 1. The second-order valence-electron chi connectivity index (χ2n) is 6.70. The molecule has 1 aromatic heterocycles. The molecule has 0 radical (unpaired) electrons. The molecule has 0 bridgehead atoms. The molecule has 1 saturated heterocycles. The van der Waals surface area contributed by atoms with E-state index in [1.54, 1.807) is 6.20 Å². The van der Waals surface area contributed by atoms with Crippen molar-refractivity contribution >= 4 is 11.8 Å². The summed E-state index contributed by atoms with van der Waals surface area (Å²) in [6, 6.07) is 8.05. The highest BCUT2D eigenvalue weighted by molar-refractivity contribution is 5.95. The van der Waals surface area contributed by atoms with Crippen molar-refractivity contribution in [3.05, 3.63) is 47.3 Å². The Bertz CT molecular complexity index is 774. The molecule has 1 aromatic carbocycles. The minimum atomic E-state index is -0.172. The van der Waals surface area contributed by atoms with Gasteiger partial charge in [0.05, 0.1) is 23.1 Å². The number of carbonyl (C=O) groups is 2. The third-order valence-corrected chi connectivity index (χ3v) is 4.81. The van der Waals surface area contributed by atoms with Crippen LogP contribution in [0.25, 0.3) is 5.69 Å². The first kappa shape index (κ1) is 18.2. The first-order chi connectivity index (χ1) is 12.6. The van der Waals surface area contributed by atoms with Crippen molar-refractivity contribution in [1.82, 2.24) is 20.0 Å². The summed E-state index contributed by atoms with van der Waals surface area (Å²) in [7, 11) is 0. The van der Waals surface area contributed by atoms with Crippen molar-refractivity contribution in [1.29, 1.82) is 0 Å². The second kappa shape index (κ2) is 8.17. The molecule has 1 aliphatic heterocycles. The van der Waals surface area contributed by atoms with Crippen LogP contribution >= 0.6 is 0 Å². The zero-order valence-electron chi connectivity index (χ0n) is 15.5. The standard InChI is InChI=1S/C20H26N4O2/c1-3-18-17(14-22-24(18)16-8-6-15(2)7-9-16)20(26)21-11-10-19(25)23-12-4-5-13-23/h6-9,14H,3-5,10-13H2,1-2H3,(H,21,26). The summed E-state index contributed by atoms with van der Waals surface area (Å²) in [5, 5.41) is 7.26. The highest BCUT2D eigenvalue weighted by Crippen LogP contribution is 2.16. The van der Waals surface area contributed by atoms with Gasteiger partial charge in [0.15, 0.2) is 0 Å². The van der Waals surface area contributed by atoms with E-state index in [-0.39, 0.29) is 11.8 Å². The monoisotopic (exact) mass is 354 g/mol. The molecular weight excluding hydrogens is 328 g/mol. The Hall–Kier alpha value is -2.63. The summed E-state index contributed by atoms with van der Waals surface area (Å²) in [5.74, 6) is -0.0525. The fraction of sp³-hybridized carbons (Fsp3) is 0.450. The van der Waals surface area contributed by atoms with Crippen molar-refractivity contribution in [2.24, 2.45) is 0 Å². The smallest absolute Gasteiger partial charge is 0.254 e. The molecule has 0 atom stereocenters. The lowest BCUT2D eigenvalue weighted by Crippen LogP contribution is -2.32. The minimum absolute atomic E-state index is 0.119. The molecule has 2 aromatic rings. The zero-order valence-corrected chi connectivity index (χ0v) is 15.5. The Morgan fingerprint density at radius 1 is 1.15 bits per heavy atom. The Kier molecular flexibility index (Phi) is 5.71. The maximum atomic E-state index is 12.5. The number of amides is 2. The summed E-state index contributed by atoms with van der Waals surface area (Å²) in [6.07, 6.45) is 4.81. The predicted octanol–water partition coefficient (Wildman–Crippen LogP) is 2.49. The van der Waals surface area contributed by atoms with Crippen LogP contribution in [-0.2, 0) is 11.2 Å². The summed E-state index contributed by atoms with van der Waals surface area (Å²) < 4.78 is 1.81. The molecule has 1 N–H and O–H groups in total. The van der Waals surface area contributed by atoms with Gasteiger partial charge < -0.3 is 10.2 Å². The Morgan fingerprint density at radius 3 is 2.50 bits per heavy atom. The third kappa shape index (κ3) is 3.95. The van der Waals surface area contributed by atoms with Crippen LogP contribution in [0.4, 0.5) is 0 Å². The van der Waals surface area contributed by atoms with Crippen LogP contribution < -0.4 is 5.32 Å². The molecule has 2 heterocycles. The zero-order chi connectivity index (χ0) is 18.5. The second-order valence-corrected chi connectivity index (χ2v) is 6.70. The number of nitrogens with one attached hydrogen (secondary N) is 1. The number of aromatic nitrogens is 2. The average Bonchev–Trinajstić information content (AvgIpc) is 3.31. The van der Waals surface area contributed by atoms with Crippen LogP contribution in [0.15, 0.2) is 30.5 Å². The van der Waals surface area contributed by atoms with Crippen LogP contribution in [0.3, 0.4) is 0 Å². The van der Waals surface area contributed by atoms with E-state index in [0.29, 0.717) is 24.9 Å². The van der Waals surface area contributed by atoms with Gasteiger partial charge in [-0.1, -0.05) is 24.6 Å². The third-order valence-electron chi connectivity index (χ3n) is 4.81. The van der Waals surface area contributed by atoms with Gasteiger partial charge >= 0.3 is 0 Å². The Labute approximate surface area is 154 Å². The Balaban J connectivity index is 1.64. The lowest BCUT2D eigenvalue weighted by Gasteiger charge is -2.15. The van der Waals surface area contributed by atoms with E-state index in [0.717, 1.165) is 37.3 Å². The van der Waals surface area contributed by atoms with Crippen LogP contribution in [0.1, 0.15) is 47.8 Å². The van der Waals surface area contributed by atoms with Crippen molar-refractivity contribution in [3.63, 3.8) is 0 Å². The number of hydrogen-bond acceptors (Lipinski definition) is 3. The van der Waals surface area contributed by atoms with Gasteiger partial charge in [0.25, 0.3) is 5.91 Å². The van der Waals surface area contributed by atoms with Crippen LogP contribution in [0.2, 0.25) is 0 Å². The van der Waals surface area contributed by atoms with Gasteiger partial charge in [0.1, 0.15) is 0 Å². The van der Waals surface area contributed by atoms with Gasteiger partial charge in [-0.05, 0) is 38.3 Å². The van der Waals surface area contributed by atoms with E-state index >= 15 is 0 Å². The van der Waals surface area contributed by atoms with Gasteiger partial charge in [-0.15, -0.1) is 0 Å². The lowest BCUT2D eigenvalue weighted by molar-refractivity contribution is -0.129. The fourth-order valence-corrected chi connectivity index (χ4v) is 3.31. The number of aryl methyl sites for hydroxylation is 1. The normalized spacial score (nSPS) is 13.8. The Morgan fingerprint density at radius 2 is 1.85 bits per heavy atom. The van der Waals surface area contributed by atoms with Crippen molar-refractivity contribution in [2.75, 3.05) is 19.6 Å². The predicted molar refractivity (Wildman–Crippen MR) is 100 cm³/mol. The van der Waals surface area contributed by atoms with Crippen LogP contribution in [-0.4, -0.2) is 46.1 Å². The first-order valence-electron chi connectivity index (χ1n) is 9.30. The highest BCUT2D eigenvalue weighted by atomic mass is 16.2. The number of nitrogens with zero attached hydrogens (tertiary/aromatic N) is 3. The minimum Gasteiger partial charge on any atom is -0.351 e. The van der Waals surface area contributed by atoms with Gasteiger partial charge in [-0.3, -0.25) is 9.59 Å². The lowest BCUT2D eigenvalue weighted by atomic mass is 10.1. The molecular formula is C20H26N4O2. The molecule has 6 heteroatoms. The summed E-state index contributed by atoms with van der Waals surface area (Å²) in [5.41, 5.74) is 3.56. The quantitative estimate of drug-likeness (QED) is 0.867. The van der Waals surface area contributed by atoms with E-state index < -0.39 is 0 Å². The van der Waals surface area contributed by atoms with E-state index in [1.165, 1.54) is 5.56 Å². The van der Waals surface area contributed by atoms with E-state index in [4.69, 9.17) is 0 Å². The molecule has 1 aliphatic rings. The largest absolute Gasteiger partial charge is 0.351 e. The maximum absolute atomic E-state index is 12.5. The van der Waals surface area contributed by atoms with Crippen molar-refractivity contribution in [2.45, 2.75) is 39.5 Å². The molecule has 2 amide bonds.